The van der Waals surface area contributed by atoms with Crippen LogP contribution in [-0.2, 0) is 4.79 Å². The van der Waals surface area contributed by atoms with Crippen LogP contribution in [0.2, 0.25) is 0 Å². The number of hydrogen-bond donors (Lipinski definition) is 2. The summed E-state index contributed by atoms with van der Waals surface area (Å²) in [7, 11) is 0. The van der Waals surface area contributed by atoms with E-state index in [0.717, 1.165) is 68.1 Å². The molecule has 3 aromatic rings. The molecule has 2 fully saturated rings. The van der Waals surface area contributed by atoms with Gasteiger partial charge >= 0.3 is 12.1 Å². The van der Waals surface area contributed by atoms with Crippen LogP contribution < -0.4 is 10.6 Å². The largest absolute Gasteiger partial charge is 0.471 e. The molecule has 1 aromatic carbocycles. The Balaban J connectivity index is 1.12. The molecule has 1 saturated carbocycles. The van der Waals surface area contributed by atoms with Gasteiger partial charge in [0, 0.05) is 51.4 Å². The van der Waals surface area contributed by atoms with Crippen molar-refractivity contribution >= 4 is 28.3 Å². The van der Waals surface area contributed by atoms with Gasteiger partial charge in [0.2, 0.25) is 0 Å². The molecule has 1 aliphatic heterocycles. The summed E-state index contributed by atoms with van der Waals surface area (Å²) in [5.74, 6) is 0.214. The molecule has 0 bridgehead atoms. The molecule has 2 aromatic heterocycles. The van der Waals surface area contributed by atoms with Gasteiger partial charge in [-0.25, -0.2) is 4.98 Å². The maximum Gasteiger partial charge on any atom is 0.471 e. The Morgan fingerprint density at radius 2 is 1.62 bits per heavy atom. The first-order chi connectivity index (χ1) is 18.8. The number of fused-ring (bicyclic) bond motifs is 3. The van der Waals surface area contributed by atoms with Crippen molar-refractivity contribution in [1.82, 2.24) is 24.5 Å². The third kappa shape index (κ3) is 6.49. The zero-order valence-electron chi connectivity index (χ0n) is 22.1. The fourth-order valence-electron chi connectivity index (χ4n) is 5.37. The van der Waals surface area contributed by atoms with Gasteiger partial charge < -0.3 is 24.8 Å². The lowest BCUT2D eigenvalue weighted by Gasteiger charge is -2.34. The van der Waals surface area contributed by atoms with E-state index in [9.17, 15) is 18.0 Å². The minimum Gasteiger partial charge on any atom is -0.368 e. The Hall–Kier alpha value is -2.85. The van der Waals surface area contributed by atoms with E-state index in [1.165, 1.54) is 17.0 Å². The van der Waals surface area contributed by atoms with Crippen LogP contribution in [0.1, 0.15) is 24.0 Å². The fourth-order valence-corrected chi connectivity index (χ4v) is 5.37. The third-order valence-electron chi connectivity index (χ3n) is 7.35. The lowest BCUT2D eigenvalue weighted by molar-refractivity contribution is -0.173. The first-order valence-corrected chi connectivity index (χ1v) is 13.5. The molecule has 1 amide bonds. The second kappa shape index (κ2) is 12.1. The molecule has 5 radical (unpaired) electrons. The second-order valence-electron chi connectivity index (χ2n) is 10.1. The average molecular weight is 540 g/mol. The molecule has 2 aliphatic rings. The number of benzene rings is 1. The lowest BCUT2D eigenvalue weighted by Crippen LogP contribution is -2.47. The van der Waals surface area contributed by atoms with Crippen molar-refractivity contribution in [2.45, 2.75) is 25.9 Å². The number of piperazine rings is 1. The van der Waals surface area contributed by atoms with Gasteiger partial charge in [0.25, 0.3) is 0 Å². The van der Waals surface area contributed by atoms with Gasteiger partial charge in [-0.15, -0.1) is 0 Å². The second-order valence-corrected chi connectivity index (χ2v) is 10.1. The number of nitrogens with zero attached hydrogens (tertiary/aromatic N) is 4. The van der Waals surface area contributed by atoms with E-state index >= 15 is 0 Å². The van der Waals surface area contributed by atoms with Crippen LogP contribution in [0.3, 0.4) is 0 Å². The normalized spacial score (nSPS) is 17.8. The van der Waals surface area contributed by atoms with E-state index in [4.69, 9.17) is 4.98 Å². The Bertz CT molecular complexity index is 1280. The molecule has 1 aliphatic carbocycles. The predicted molar refractivity (Wildman–Crippen MR) is 147 cm³/mol. The Labute approximate surface area is 227 Å². The van der Waals surface area contributed by atoms with E-state index < -0.39 is 12.1 Å². The van der Waals surface area contributed by atoms with E-state index in [-0.39, 0.29) is 6.54 Å². The van der Waals surface area contributed by atoms with Crippen LogP contribution in [0.25, 0.3) is 16.6 Å². The zero-order chi connectivity index (χ0) is 27.4. The Morgan fingerprint density at radius 1 is 0.974 bits per heavy atom. The van der Waals surface area contributed by atoms with Crippen molar-refractivity contribution in [2.24, 2.45) is 0 Å². The monoisotopic (exact) mass is 539 g/mol. The number of carbonyl (C=O) groups is 1. The van der Waals surface area contributed by atoms with Crippen molar-refractivity contribution in [1.29, 1.82) is 0 Å². The van der Waals surface area contributed by atoms with Gasteiger partial charge in [-0.3, -0.25) is 4.79 Å². The summed E-state index contributed by atoms with van der Waals surface area (Å²) in [5, 5.41) is 5.55. The fraction of sp³-hybridized carbons (Fsp3) is 0.414. The third-order valence-corrected chi connectivity index (χ3v) is 7.35. The SMILES string of the molecule is Cc1cn2c(c(NCCCN3CCN(CCCNC(=O)C(F)(F)F)CC3)nc3ccccc32)c1[C]1[CH][CH][CH][CH]1. The van der Waals surface area contributed by atoms with Crippen molar-refractivity contribution in [3.63, 3.8) is 0 Å². The van der Waals surface area contributed by atoms with Crippen molar-refractivity contribution in [3.05, 3.63) is 73.2 Å². The van der Waals surface area contributed by atoms with Gasteiger partial charge in [0.05, 0.1) is 16.6 Å². The van der Waals surface area contributed by atoms with Crippen LogP contribution in [0.15, 0.2) is 30.5 Å². The first-order valence-electron chi connectivity index (χ1n) is 13.5. The van der Waals surface area contributed by atoms with Gasteiger partial charge in [-0.1, -0.05) is 12.1 Å². The molecule has 39 heavy (non-hydrogen) atoms. The van der Waals surface area contributed by atoms with Gasteiger partial charge in [0.1, 0.15) is 0 Å². The molecule has 1 saturated heterocycles. The van der Waals surface area contributed by atoms with E-state index in [1.807, 2.05) is 23.5 Å². The maximum atomic E-state index is 12.3. The Morgan fingerprint density at radius 3 is 2.28 bits per heavy atom. The number of rotatable bonds is 10. The molecule has 0 spiro atoms. The molecule has 2 N–H and O–H groups in total. The van der Waals surface area contributed by atoms with Crippen molar-refractivity contribution in [3.8, 4) is 0 Å². The molecular weight excluding hydrogens is 505 g/mol. The number of amides is 1. The van der Waals surface area contributed by atoms with Crippen LogP contribution in [-0.4, -0.2) is 83.6 Å². The molecule has 7 nitrogen and oxygen atoms in total. The number of para-hydroxylation sites is 2. The molecule has 0 unspecified atom stereocenters. The molecule has 3 heterocycles. The number of halogens is 3. The lowest BCUT2D eigenvalue weighted by atomic mass is 9.95. The number of hydrogen-bond acceptors (Lipinski definition) is 5. The summed E-state index contributed by atoms with van der Waals surface area (Å²) in [5.41, 5.74) is 5.54. The molecule has 5 rings (SSSR count). The van der Waals surface area contributed by atoms with E-state index in [1.54, 1.807) is 0 Å². The minimum absolute atomic E-state index is 0.0367. The van der Waals surface area contributed by atoms with Crippen LogP contribution >= 0.6 is 0 Å². The van der Waals surface area contributed by atoms with Crippen molar-refractivity contribution < 1.29 is 18.0 Å². The number of alkyl halides is 3. The van der Waals surface area contributed by atoms with Crippen molar-refractivity contribution in [2.75, 3.05) is 57.7 Å². The predicted octanol–water partition coefficient (Wildman–Crippen LogP) is 4.04. The summed E-state index contributed by atoms with van der Waals surface area (Å²) < 4.78 is 39.1. The average Bonchev–Trinajstić information content (AvgIpc) is 3.56. The maximum absolute atomic E-state index is 12.3. The van der Waals surface area contributed by atoms with Gasteiger partial charge in [-0.2, -0.15) is 13.2 Å². The summed E-state index contributed by atoms with van der Waals surface area (Å²) in [4.78, 5) is 20.6. The van der Waals surface area contributed by atoms with Crippen LogP contribution in [0, 0.1) is 38.5 Å². The molecular formula is C29H34F3N6O. The number of aromatic nitrogens is 2. The summed E-state index contributed by atoms with van der Waals surface area (Å²) in [6.07, 6.45) is 7.25. The molecule has 207 valence electrons. The van der Waals surface area contributed by atoms with Crippen LogP contribution in [0.4, 0.5) is 19.0 Å². The summed E-state index contributed by atoms with van der Waals surface area (Å²) in [6, 6.07) is 8.20. The number of nitrogens with one attached hydrogen (secondary N) is 2. The smallest absolute Gasteiger partial charge is 0.368 e. The highest BCUT2D eigenvalue weighted by Crippen LogP contribution is 2.39. The first kappa shape index (κ1) is 27.7. The van der Waals surface area contributed by atoms with Crippen LogP contribution in [0.5, 0.6) is 0 Å². The quantitative estimate of drug-likeness (QED) is 0.381. The highest BCUT2D eigenvalue weighted by Gasteiger charge is 2.38. The minimum atomic E-state index is -4.82. The zero-order valence-corrected chi connectivity index (χ0v) is 22.1. The summed E-state index contributed by atoms with van der Waals surface area (Å²) >= 11 is 0. The van der Waals surface area contributed by atoms with E-state index in [2.05, 4.69) is 64.4 Å². The standard InChI is InChI=1S/C29H34F3N6O/c1-21-20-38-24-11-5-4-10-23(24)35-27(26(38)25(21)22-8-2-3-9-22)33-12-6-14-36-16-18-37(19-17-36)15-7-13-34-28(39)29(30,31)32/h2-5,8-11,20H,6-7,12-19H2,1H3,(H,33,35)(H,34,39). The van der Waals surface area contributed by atoms with Gasteiger partial charge in [-0.05, 0) is 81.8 Å². The molecule has 0 atom stereocenters. The molecule has 10 heteroatoms. The van der Waals surface area contributed by atoms with E-state index in [0.29, 0.717) is 13.0 Å². The number of anilines is 1. The summed E-state index contributed by atoms with van der Waals surface area (Å²) in [6.45, 7) is 8.21. The highest BCUT2D eigenvalue weighted by atomic mass is 19.4. The number of aryl methyl sites for hydroxylation is 1. The highest BCUT2D eigenvalue weighted by molar-refractivity contribution is 5.89. The van der Waals surface area contributed by atoms with Gasteiger partial charge in [0.15, 0.2) is 5.82 Å². The Kier molecular flexibility index (Phi) is 8.61. The topological polar surface area (TPSA) is 64.9 Å². The number of carbonyl (C=O) groups excluding carboxylic acids is 1.